The van der Waals surface area contributed by atoms with Gasteiger partial charge in [-0.15, -0.1) is 0 Å². The van der Waals surface area contributed by atoms with E-state index in [4.69, 9.17) is 4.74 Å². The van der Waals surface area contributed by atoms with Crippen LogP contribution in [0.4, 0.5) is 5.82 Å². The Kier molecular flexibility index (Phi) is 2.44. The highest BCUT2D eigenvalue weighted by Gasteiger charge is 2.24. The number of rotatable bonds is 1. The van der Waals surface area contributed by atoms with Crippen LogP contribution in [0.5, 0.6) is 0 Å². The molecule has 0 saturated carbocycles. The molecule has 2 aromatic heterocycles. The summed E-state index contributed by atoms with van der Waals surface area (Å²) in [6, 6.07) is 1.96. The van der Waals surface area contributed by atoms with Crippen molar-refractivity contribution >= 4 is 11.6 Å². The molecular weight excluding hydrogens is 218 g/mol. The first kappa shape index (κ1) is 10.5. The first-order chi connectivity index (χ1) is 8.24. The fourth-order valence-corrected chi connectivity index (χ4v) is 2.33. The Bertz CT molecular complexity index is 515. The summed E-state index contributed by atoms with van der Waals surface area (Å²) in [4.78, 5) is 10.5. The van der Waals surface area contributed by atoms with Gasteiger partial charge in [0.05, 0.1) is 12.2 Å². The lowest BCUT2D eigenvalue weighted by Gasteiger charge is -2.36. The highest BCUT2D eigenvalue weighted by molar-refractivity contribution is 5.45. The van der Waals surface area contributed by atoms with Crippen molar-refractivity contribution < 1.29 is 4.74 Å². The molecule has 1 fully saturated rings. The number of ether oxygens (including phenoxy) is 1. The summed E-state index contributed by atoms with van der Waals surface area (Å²) in [5.74, 6) is 1.66. The molecule has 2 aromatic rings. The van der Waals surface area contributed by atoms with Crippen molar-refractivity contribution in [2.45, 2.75) is 26.1 Å². The normalized spacial score (nSPS) is 25.4. The molecule has 1 saturated heterocycles. The van der Waals surface area contributed by atoms with Crippen LogP contribution in [0, 0.1) is 0 Å². The average Bonchev–Trinajstić information content (AvgIpc) is 2.75. The molecule has 0 aliphatic carbocycles. The van der Waals surface area contributed by atoms with Crippen LogP contribution < -0.4 is 4.90 Å². The minimum absolute atomic E-state index is 0.227. The van der Waals surface area contributed by atoms with E-state index in [2.05, 4.69) is 33.8 Å². The monoisotopic (exact) mass is 233 g/mol. The van der Waals surface area contributed by atoms with E-state index in [1.165, 1.54) is 6.33 Å². The van der Waals surface area contributed by atoms with Crippen LogP contribution in [0.1, 0.15) is 13.8 Å². The Labute approximate surface area is 99.2 Å². The zero-order chi connectivity index (χ0) is 11.8. The molecule has 0 amide bonds. The molecule has 17 heavy (non-hydrogen) atoms. The molecule has 1 aliphatic heterocycles. The van der Waals surface area contributed by atoms with E-state index in [0.717, 1.165) is 18.9 Å². The van der Waals surface area contributed by atoms with E-state index in [1.807, 2.05) is 6.07 Å². The average molecular weight is 233 g/mol. The summed E-state index contributed by atoms with van der Waals surface area (Å²) in [5, 5.41) is 4.20. The Morgan fingerprint density at radius 3 is 2.76 bits per heavy atom. The van der Waals surface area contributed by atoms with Crippen molar-refractivity contribution in [1.82, 2.24) is 19.6 Å². The quantitative estimate of drug-likeness (QED) is 0.727. The molecule has 90 valence electrons. The summed E-state index contributed by atoms with van der Waals surface area (Å²) in [5.41, 5.74) is 0. The van der Waals surface area contributed by atoms with Crippen molar-refractivity contribution in [3.05, 3.63) is 18.6 Å². The van der Waals surface area contributed by atoms with E-state index in [0.29, 0.717) is 5.78 Å². The fourth-order valence-electron chi connectivity index (χ4n) is 2.33. The second-order valence-corrected chi connectivity index (χ2v) is 4.44. The van der Waals surface area contributed by atoms with Crippen LogP contribution in [0.3, 0.4) is 0 Å². The van der Waals surface area contributed by atoms with Crippen molar-refractivity contribution in [1.29, 1.82) is 0 Å². The molecule has 0 radical (unpaired) electrons. The number of morpholine rings is 1. The van der Waals surface area contributed by atoms with Gasteiger partial charge in [-0.1, -0.05) is 0 Å². The van der Waals surface area contributed by atoms with Crippen LogP contribution in [-0.4, -0.2) is 44.9 Å². The maximum absolute atomic E-state index is 5.73. The zero-order valence-electron chi connectivity index (χ0n) is 9.95. The molecule has 1 aliphatic rings. The number of fused-ring (bicyclic) bond motifs is 1. The molecular formula is C11H15N5O. The van der Waals surface area contributed by atoms with Gasteiger partial charge in [-0.25, -0.2) is 4.98 Å². The van der Waals surface area contributed by atoms with Gasteiger partial charge in [-0.2, -0.15) is 14.6 Å². The van der Waals surface area contributed by atoms with Crippen LogP contribution in [-0.2, 0) is 4.74 Å². The third-order valence-corrected chi connectivity index (χ3v) is 2.90. The molecule has 0 N–H and O–H groups in total. The standard InChI is InChI=1S/C11H15N5O/c1-8-5-15(6-9(2)17-8)10-3-4-12-11-13-7-14-16(10)11/h3-4,7-9H,5-6H2,1-2H3/t8-,9-/m1/s1. The van der Waals surface area contributed by atoms with E-state index >= 15 is 0 Å². The summed E-state index contributed by atoms with van der Waals surface area (Å²) in [6.45, 7) is 5.90. The number of nitrogens with zero attached hydrogens (tertiary/aromatic N) is 5. The number of aromatic nitrogens is 4. The molecule has 6 heteroatoms. The van der Waals surface area contributed by atoms with Crippen LogP contribution >= 0.6 is 0 Å². The number of hydrogen-bond acceptors (Lipinski definition) is 5. The molecule has 2 atom stereocenters. The Morgan fingerprint density at radius 2 is 2.00 bits per heavy atom. The van der Waals surface area contributed by atoms with Gasteiger partial charge in [0.2, 0.25) is 0 Å². The van der Waals surface area contributed by atoms with Crippen molar-refractivity contribution in [2.75, 3.05) is 18.0 Å². The molecule has 0 spiro atoms. The minimum Gasteiger partial charge on any atom is -0.372 e. The Balaban J connectivity index is 2.00. The van der Waals surface area contributed by atoms with Gasteiger partial charge in [0.1, 0.15) is 12.1 Å². The summed E-state index contributed by atoms with van der Waals surface area (Å²) < 4.78 is 7.50. The summed E-state index contributed by atoms with van der Waals surface area (Å²) in [7, 11) is 0. The van der Waals surface area contributed by atoms with Gasteiger partial charge in [0.15, 0.2) is 0 Å². The predicted octanol–water partition coefficient (Wildman–Crippen LogP) is 0.738. The lowest BCUT2D eigenvalue weighted by Crippen LogP contribution is -2.46. The highest BCUT2D eigenvalue weighted by atomic mass is 16.5. The topological polar surface area (TPSA) is 55.6 Å². The van der Waals surface area contributed by atoms with E-state index in [9.17, 15) is 0 Å². The summed E-state index contributed by atoms with van der Waals surface area (Å²) >= 11 is 0. The molecule has 0 bridgehead atoms. The second-order valence-electron chi connectivity index (χ2n) is 4.44. The van der Waals surface area contributed by atoms with Crippen LogP contribution in [0.25, 0.3) is 5.78 Å². The van der Waals surface area contributed by atoms with Crippen LogP contribution in [0.15, 0.2) is 18.6 Å². The Hall–Kier alpha value is -1.69. The number of anilines is 1. The molecule has 0 aromatic carbocycles. The lowest BCUT2D eigenvalue weighted by atomic mass is 10.2. The maximum atomic E-state index is 5.73. The first-order valence-corrected chi connectivity index (χ1v) is 5.79. The fraction of sp³-hybridized carbons (Fsp3) is 0.545. The van der Waals surface area contributed by atoms with Crippen molar-refractivity contribution in [3.63, 3.8) is 0 Å². The van der Waals surface area contributed by atoms with Gasteiger partial charge in [0.25, 0.3) is 5.78 Å². The van der Waals surface area contributed by atoms with E-state index in [1.54, 1.807) is 10.7 Å². The predicted molar refractivity (Wildman–Crippen MR) is 63.0 cm³/mol. The summed E-state index contributed by atoms with van der Waals surface area (Å²) in [6.07, 6.45) is 3.75. The lowest BCUT2D eigenvalue weighted by molar-refractivity contribution is -0.00557. The van der Waals surface area contributed by atoms with Crippen molar-refractivity contribution in [3.8, 4) is 0 Å². The van der Waals surface area contributed by atoms with Crippen molar-refractivity contribution in [2.24, 2.45) is 0 Å². The minimum atomic E-state index is 0.227. The van der Waals surface area contributed by atoms with Crippen LogP contribution in [0.2, 0.25) is 0 Å². The van der Waals surface area contributed by atoms with E-state index in [-0.39, 0.29) is 12.2 Å². The smallest absolute Gasteiger partial charge is 0.254 e. The second kappa shape index (κ2) is 3.96. The maximum Gasteiger partial charge on any atom is 0.254 e. The third kappa shape index (κ3) is 1.84. The molecule has 3 rings (SSSR count). The molecule has 6 nitrogen and oxygen atoms in total. The van der Waals surface area contributed by atoms with Gasteiger partial charge < -0.3 is 9.64 Å². The highest BCUT2D eigenvalue weighted by Crippen LogP contribution is 2.19. The number of hydrogen-bond donors (Lipinski definition) is 0. The first-order valence-electron chi connectivity index (χ1n) is 5.79. The Morgan fingerprint density at radius 1 is 1.24 bits per heavy atom. The van der Waals surface area contributed by atoms with E-state index < -0.39 is 0 Å². The van der Waals surface area contributed by atoms with Gasteiger partial charge >= 0.3 is 0 Å². The third-order valence-electron chi connectivity index (χ3n) is 2.90. The zero-order valence-corrected chi connectivity index (χ0v) is 9.95. The molecule has 3 heterocycles. The molecule has 0 unspecified atom stereocenters. The van der Waals surface area contributed by atoms with Gasteiger partial charge in [0, 0.05) is 19.3 Å². The SMILES string of the molecule is C[C@@H]1CN(c2ccnc3ncnn23)C[C@@H](C)O1. The largest absolute Gasteiger partial charge is 0.372 e. The van der Waals surface area contributed by atoms with Gasteiger partial charge in [-0.3, -0.25) is 0 Å². The van der Waals surface area contributed by atoms with Gasteiger partial charge in [-0.05, 0) is 19.9 Å².